The number of nitrogens with two attached hydrogens (primary N) is 2. The number of nitrogen functional groups attached to an aromatic ring is 2. The quantitative estimate of drug-likeness (QED) is 0.587. The second kappa shape index (κ2) is 4.15. The van der Waals surface area contributed by atoms with Crippen LogP contribution in [-0.2, 0) is 0 Å². The molecule has 0 radical (unpaired) electrons. The summed E-state index contributed by atoms with van der Waals surface area (Å²) in [5.74, 6) is 0. The lowest BCUT2D eigenvalue weighted by Crippen LogP contribution is -2.00. The second-order valence-corrected chi connectivity index (χ2v) is 4.42. The van der Waals surface area contributed by atoms with Gasteiger partial charge in [-0.3, -0.25) is 0 Å². The van der Waals surface area contributed by atoms with Crippen molar-refractivity contribution >= 4 is 34.9 Å². The predicted octanol–water partition coefficient (Wildman–Crippen LogP) is 2.60. The van der Waals surface area contributed by atoms with Crippen LogP contribution in [0.3, 0.4) is 0 Å². The van der Waals surface area contributed by atoms with Gasteiger partial charge in [0.25, 0.3) is 0 Å². The van der Waals surface area contributed by atoms with Crippen molar-refractivity contribution < 1.29 is 0 Å². The van der Waals surface area contributed by atoms with Crippen LogP contribution in [0.2, 0.25) is 0 Å². The van der Waals surface area contributed by atoms with Gasteiger partial charge in [0.1, 0.15) is 0 Å². The first-order chi connectivity index (χ1) is 6.11. The molecule has 1 aromatic rings. The zero-order valence-electron chi connectivity index (χ0n) is 8.05. The maximum atomic E-state index is 5.91. The first-order valence-electron chi connectivity index (χ1n) is 3.88. The smallest absolute Gasteiger partial charge is 0.0699 e. The first kappa shape index (κ1) is 10.6. The van der Waals surface area contributed by atoms with Gasteiger partial charge in [-0.2, -0.15) is 0 Å². The van der Waals surface area contributed by atoms with E-state index in [1.54, 1.807) is 23.5 Å². The van der Waals surface area contributed by atoms with E-state index < -0.39 is 0 Å². The van der Waals surface area contributed by atoms with E-state index in [1.807, 2.05) is 19.4 Å². The van der Waals surface area contributed by atoms with Gasteiger partial charge >= 0.3 is 0 Å². The zero-order chi connectivity index (χ0) is 10.0. The van der Waals surface area contributed by atoms with Crippen LogP contribution in [-0.4, -0.2) is 12.5 Å². The Bertz CT molecular complexity index is 324. The predicted molar refractivity (Wildman–Crippen MR) is 63.6 cm³/mol. The highest BCUT2D eigenvalue weighted by Gasteiger charge is 2.10. The third kappa shape index (κ3) is 1.89. The third-order valence-electron chi connectivity index (χ3n) is 1.96. The molecule has 0 amide bonds. The molecule has 0 bridgehead atoms. The molecule has 0 saturated heterocycles. The standard InChI is InChI=1S/C9H14N2S2/c1-5-4-6(12-2)9(13-3)8(11)7(5)10/h4H,10-11H2,1-3H3. The molecule has 0 aliphatic rings. The maximum Gasteiger partial charge on any atom is 0.0699 e. The number of hydrogen-bond donors (Lipinski definition) is 2. The van der Waals surface area contributed by atoms with E-state index in [0.717, 1.165) is 16.1 Å². The van der Waals surface area contributed by atoms with Gasteiger partial charge in [-0.05, 0) is 31.1 Å². The molecular formula is C9H14N2S2. The Morgan fingerprint density at radius 1 is 1.08 bits per heavy atom. The van der Waals surface area contributed by atoms with Crippen molar-refractivity contribution in [2.75, 3.05) is 24.0 Å². The number of anilines is 2. The second-order valence-electron chi connectivity index (χ2n) is 2.76. The Morgan fingerprint density at radius 2 is 1.69 bits per heavy atom. The van der Waals surface area contributed by atoms with Gasteiger partial charge in [-0.15, -0.1) is 23.5 Å². The molecule has 13 heavy (non-hydrogen) atoms. The fourth-order valence-corrected chi connectivity index (χ4v) is 2.85. The highest BCUT2D eigenvalue weighted by molar-refractivity contribution is 8.01. The summed E-state index contributed by atoms with van der Waals surface area (Å²) in [6.07, 6.45) is 4.06. The zero-order valence-corrected chi connectivity index (χ0v) is 9.68. The van der Waals surface area contributed by atoms with Gasteiger partial charge in [0.2, 0.25) is 0 Å². The minimum absolute atomic E-state index is 0.710. The van der Waals surface area contributed by atoms with Crippen LogP contribution in [0.1, 0.15) is 5.56 Å². The molecule has 0 heterocycles. The van der Waals surface area contributed by atoms with Gasteiger partial charge < -0.3 is 11.5 Å². The molecule has 4 N–H and O–H groups in total. The average molecular weight is 214 g/mol. The third-order valence-corrected chi connectivity index (χ3v) is 3.69. The summed E-state index contributed by atoms with van der Waals surface area (Å²) in [7, 11) is 0. The molecule has 0 aromatic heterocycles. The van der Waals surface area contributed by atoms with Crippen molar-refractivity contribution in [2.45, 2.75) is 16.7 Å². The molecule has 72 valence electrons. The number of thioether (sulfide) groups is 2. The molecule has 0 spiro atoms. The molecule has 1 aromatic carbocycles. The number of rotatable bonds is 2. The summed E-state index contributed by atoms with van der Waals surface area (Å²) in [6, 6.07) is 2.09. The van der Waals surface area contributed by atoms with E-state index in [4.69, 9.17) is 11.5 Å². The van der Waals surface area contributed by atoms with Crippen molar-refractivity contribution in [1.29, 1.82) is 0 Å². The lowest BCUT2D eigenvalue weighted by atomic mass is 10.2. The molecular weight excluding hydrogens is 200 g/mol. The summed E-state index contributed by atoms with van der Waals surface area (Å²) < 4.78 is 0. The lowest BCUT2D eigenvalue weighted by Gasteiger charge is -2.12. The molecule has 2 nitrogen and oxygen atoms in total. The molecule has 0 unspecified atom stereocenters. The monoisotopic (exact) mass is 214 g/mol. The largest absolute Gasteiger partial charge is 0.397 e. The van der Waals surface area contributed by atoms with Crippen molar-refractivity contribution in [1.82, 2.24) is 0 Å². The molecule has 0 saturated carbocycles. The van der Waals surface area contributed by atoms with E-state index in [1.165, 1.54) is 4.90 Å². The van der Waals surface area contributed by atoms with E-state index in [9.17, 15) is 0 Å². The van der Waals surface area contributed by atoms with Gasteiger partial charge in [0, 0.05) is 9.79 Å². The highest BCUT2D eigenvalue weighted by Crippen LogP contribution is 2.38. The van der Waals surface area contributed by atoms with Gasteiger partial charge in [0.05, 0.1) is 11.4 Å². The Labute approximate surface area is 87.5 Å². The van der Waals surface area contributed by atoms with Crippen molar-refractivity contribution in [3.8, 4) is 0 Å². The number of hydrogen-bond acceptors (Lipinski definition) is 4. The molecule has 0 fully saturated rings. The minimum atomic E-state index is 0.710. The molecule has 4 heteroatoms. The van der Waals surface area contributed by atoms with Crippen molar-refractivity contribution in [3.63, 3.8) is 0 Å². The van der Waals surface area contributed by atoms with Crippen LogP contribution in [0.4, 0.5) is 11.4 Å². The molecule has 0 aliphatic carbocycles. The van der Waals surface area contributed by atoms with Crippen molar-refractivity contribution in [3.05, 3.63) is 11.6 Å². The fourth-order valence-electron chi connectivity index (χ4n) is 1.17. The number of aryl methyl sites for hydroxylation is 1. The van der Waals surface area contributed by atoms with E-state index >= 15 is 0 Å². The molecule has 0 atom stereocenters. The summed E-state index contributed by atoms with van der Waals surface area (Å²) in [5.41, 5.74) is 14.2. The topological polar surface area (TPSA) is 52.0 Å². The Hall–Kier alpha value is -0.480. The Kier molecular flexibility index (Phi) is 3.39. The van der Waals surface area contributed by atoms with Crippen LogP contribution in [0.5, 0.6) is 0 Å². The average Bonchev–Trinajstić information content (AvgIpc) is 2.13. The van der Waals surface area contributed by atoms with E-state index in [2.05, 4.69) is 6.07 Å². The van der Waals surface area contributed by atoms with Gasteiger partial charge in [-0.1, -0.05) is 0 Å². The first-order valence-corrected chi connectivity index (χ1v) is 6.33. The number of benzene rings is 1. The maximum absolute atomic E-state index is 5.91. The minimum Gasteiger partial charge on any atom is -0.397 e. The van der Waals surface area contributed by atoms with Gasteiger partial charge in [-0.25, -0.2) is 0 Å². The Morgan fingerprint density at radius 3 is 2.15 bits per heavy atom. The van der Waals surface area contributed by atoms with Crippen LogP contribution >= 0.6 is 23.5 Å². The van der Waals surface area contributed by atoms with Gasteiger partial charge in [0.15, 0.2) is 0 Å². The summed E-state index contributed by atoms with van der Waals surface area (Å²) >= 11 is 3.34. The Balaban J connectivity index is 3.39. The fraction of sp³-hybridized carbons (Fsp3) is 0.333. The SMILES string of the molecule is CSc1cc(C)c(N)c(N)c1SC. The van der Waals surface area contributed by atoms with Crippen molar-refractivity contribution in [2.24, 2.45) is 0 Å². The summed E-state index contributed by atoms with van der Waals surface area (Å²) in [6.45, 7) is 1.98. The van der Waals surface area contributed by atoms with Crippen LogP contribution in [0.25, 0.3) is 0 Å². The van der Waals surface area contributed by atoms with Crippen LogP contribution < -0.4 is 11.5 Å². The normalized spacial score (nSPS) is 10.4. The van der Waals surface area contributed by atoms with Crippen LogP contribution in [0, 0.1) is 6.92 Å². The van der Waals surface area contributed by atoms with E-state index in [-0.39, 0.29) is 0 Å². The summed E-state index contributed by atoms with van der Waals surface area (Å²) in [4.78, 5) is 2.30. The summed E-state index contributed by atoms with van der Waals surface area (Å²) in [5, 5.41) is 0. The lowest BCUT2D eigenvalue weighted by molar-refractivity contribution is 1.23. The molecule has 0 aliphatic heterocycles. The van der Waals surface area contributed by atoms with Crippen LogP contribution in [0.15, 0.2) is 15.9 Å². The molecule has 1 rings (SSSR count). The highest BCUT2D eigenvalue weighted by atomic mass is 32.2. The van der Waals surface area contributed by atoms with E-state index in [0.29, 0.717) is 5.69 Å².